The van der Waals surface area contributed by atoms with Gasteiger partial charge < -0.3 is 20.3 Å². The van der Waals surface area contributed by atoms with E-state index in [9.17, 15) is 4.79 Å². The molecule has 0 aliphatic carbocycles. The Morgan fingerprint density at radius 1 is 0.686 bits per heavy atom. The van der Waals surface area contributed by atoms with Crippen LogP contribution in [0.25, 0.3) is 22.3 Å². The highest BCUT2D eigenvalue weighted by Crippen LogP contribution is 2.45. The third-order valence-electron chi connectivity index (χ3n) is 5.76. The summed E-state index contributed by atoms with van der Waals surface area (Å²) in [6, 6.07) is 29.5. The number of rotatable bonds is 7. The van der Waals surface area contributed by atoms with E-state index in [1.165, 1.54) is 0 Å². The van der Waals surface area contributed by atoms with Gasteiger partial charge in [-0.15, -0.1) is 0 Å². The van der Waals surface area contributed by atoms with Gasteiger partial charge >= 0.3 is 6.09 Å². The summed E-state index contributed by atoms with van der Waals surface area (Å²) >= 11 is 0. The minimum Gasteiger partial charge on any atom is -0.409 e. The van der Waals surface area contributed by atoms with Crippen molar-refractivity contribution in [3.63, 3.8) is 0 Å². The zero-order chi connectivity index (χ0) is 24.8. The smallest absolute Gasteiger partial charge is 0.409 e. The fraction of sp³-hybridized carbons (Fsp3) is 0.138. The summed E-state index contributed by atoms with van der Waals surface area (Å²) in [7, 11) is 7.79. The van der Waals surface area contributed by atoms with Crippen LogP contribution in [0.5, 0.6) is 5.75 Å². The molecular formula is C29H30N4O2. The molecule has 0 spiro atoms. The number of benzene rings is 4. The van der Waals surface area contributed by atoms with Crippen molar-refractivity contribution in [1.82, 2.24) is 0 Å². The highest BCUT2D eigenvalue weighted by molar-refractivity contribution is 5.96. The molecule has 0 atom stereocenters. The monoisotopic (exact) mass is 466 g/mol. The van der Waals surface area contributed by atoms with Gasteiger partial charge in [-0.25, -0.2) is 4.79 Å². The van der Waals surface area contributed by atoms with Crippen molar-refractivity contribution in [2.45, 2.75) is 0 Å². The third-order valence-corrected chi connectivity index (χ3v) is 5.76. The van der Waals surface area contributed by atoms with Crippen LogP contribution in [0.15, 0.2) is 91.0 Å². The van der Waals surface area contributed by atoms with Crippen LogP contribution in [0.2, 0.25) is 0 Å². The standard InChI is InChI=1S/C29H30N4O2/c1-30-22-14-10-20(11-15-22)25-18-19-26(35-29(34)32-24-8-6-5-7-9-24)27(28(25)33(3)4)21-12-16-23(31-2)17-13-21/h5-19,30-31H,1-4H3,(H,32,34). The molecule has 0 heterocycles. The van der Waals surface area contributed by atoms with Crippen LogP contribution in [0.1, 0.15) is 0 Å². The predicted molar refractivity (Wildman–Crippen MR) is 147 cm³/mol. The summed E-state index contributed by atoms with van der Waals surface area (Å²) in [6.07, 6.45) is -0.542. The van der Waals surface area contributed by atoms with Gasteiger partial charge in [0.05, 0.1) is 5.69 Å². The largest absolute Gasteiger partial charge is 0.417 e. The number of nitrogens with zero attached hydrogens (tertiary/aromatic N) is 1. The molecule has 0 bridgehead atoms. The van der Waals surface area contributed by atoms with Crippen molar-refractivity contribution in [1.29, 1.82) is 0 Å². The lowest BCUT2D eigenvalue weighted by atomic mass is 9.94. The number of carbonyl (C=O) groups is 1. The molecule has 0 fully saturated rings. The Morgan fingerprint density at radius 2 is 1.26 bits per heavy atom. The van der Waals surface area contributed by atoms with Crippen molar-refractivity contribution in [2.24, 2.45) is 0 Å². The molecule has 6 nitrogen and oxygen atoms in total. The van der Waals surface area contributed by atoms with Crippen molar-refractivity contribution in [3.8, 4) is 28.0 Å². The second kappa shape index (κ2) is 10.7. The highest BCUT2D eigenvalue weighted by atomic mass is 16.6. The van der Waals surface area contributed by atoms with Gasteiger partial charge in [0.2, 0.25) is 0 Å². The molecule has 0 saturated carbocycles. The molecule has 0 unspecified atom stereocenters. The van der Waals surface area contributed by atoms with E-state index in [1.807, 2.05) is 107 Å². The summed E-state index contributed by atoms with van der Waals surface area (Å²) in [5, 5.41) is 9.12. The maximum Gasteiger partial charge on any atom is 0.417 e. The predicted octanol–water partition coefficient (Wildman–Crippen LogP) is 6.78. The van der Waals surface area contributed by atoms with Crippen LogP contribution < -0.4 is 25.6 Å². The number of carbonyl (C=O) groups excluding carboxylic acids is 1. The Balaban J connectivity index is 1.83. The lowest BCUT2D eigenvalue weighted by Crippen LogP contribution is -2.18. The summed E-state index contributed by atoms with van der Waals surface area (Å²) in [6.45, 7) is 0. The fourth-order valence-electron chi connectivity index (χ4n) is 4.02. The zero-order valence-electron chi connectivity index (χ0n) is 20.4. The Bertz CT molecular complexity index is 1290. The lowest BCUT2D eigenvalue weighted by Gasteiger charge is -2.24. The van der Waals surface area contributed by atoms with E-state index >= 15 is 0 Å². The van der Waals surface area contributed by atoms with Gasteiger partial charge in [-0.05, 0) is 59.7 Å². The third kappa shape index (κ3) is 5.38. The number of anilines is 4. The minimum atomic E-state index is -0.542. The molecule has 4 aromatic carbocycles. The van der Waals surface area contributed by atoms with Gasteiger partial charge in [0.25, 0.3) is 0 Å². The van der Waals surface area contributed by atoms with Gasteiger partial charge in [0.15, 0.2) is 0 Å². The number of amides is 1. The van der Waals surface area contributed by atoms with E-state index in [1.54, 1.807) is 0 Å². The topological polar surface area (TPSA) is 65.6 Å². The van der Waals surface area contributed by atoms with E-state index in [-0.39, 0.29) is 0 Å². The maximum atomic E-state index is 12.8. The van der Waals surface area contributed by atoms with Crippen LogP contribution >= 0.6 is 0 Å². The van der Waals surface area contributed by atoms with Crippen LogP contribution in [-0.2, 0) is 0 Å². The summed E-state index contributed by atoms with van der Waals surface area (Å²) in [5.41, 5.74) is 7.59. The van der Waals surface area contributed by atoms with E-state index in [0.717, 1.165) is 39.3 Å². The molecule has 4 aromatic rings. The second-order valence-corrected chi connectivity index (χ2v) is 8.26. The summed E-state index contributed by atoms with van der Waals surface area (Å²) < 4.78 is 5.88. The molecule has 0 aliphatic heterocycles. The molecule has 0 radical (unpaired) electrons. The summed E-state index contributed by atoms with van der Waals surface area (Å²) in [4.78, 5) is 14.9. The fourth-order valence-corrected chi connectivity index (χ4v) is 4.02. The van der Waals surface area contributed by atoms with Crippen molar-refractivity contribution < 1.29 is 9.53 Å². The van der Waals surface area contributed by atoms with Crippen LogP contribution in [0, 0.1) is 0 Å². The molecule has 0 aliphatic rings. The van der Waals surface area contributed by atoms with E-state index < -0.39 is 6.09 Å². The number of para-hydroxylation sites is 1. The van der Waals surface area contributed by atoms with Crippen LogP contribution in [0.4, 0.5) is 27.5 Å². The molecular weight excluding hydrogens is 436 g/mol. The molecule has 0 aromatic heterocycles. The molecule has 35 heavy (non-hydrogen) atoms. The van der Waals surface area contributed by atoms with Gasteiger partial charge in [-0.1, -0.05) is 42.5 Å². The number of ether oxygens (including phenoxy) is 1. The van der Waals surface area contributed by atoms with Gasteiger partial charge in [0, 0.05) is 56.4 Å². The molecule has 1 amide bonds. The van der Waals surface area contributed by atoms with Gasteiger partial charge in [-0.3, -0.25) is 5.32 Å². The quantitative estimate of drug-likeness (QED) is 0.280. The highest BCUT2D eigenvalue weighted by Gasteiger charge is 2.21. The summed E-state index contributed by atoms with van der Waals surface area (Å²) in [5.74, 6) is 0.481. The van der Waals surface area contributed by atoms with Crippen LogP contribution in [0.3, 0.4) is 0 Å². The first-order valence-electron chi connectivity index (χ1n) is 11.4. The van der Waals surface area contributed by atoms with Crippen molar-refractivity contribution >= 4 is 28.8 Å². The van der Waals surface area contributed by atoms with Gasteiger partial charge in [-0.2, -0.15) is 0 Å². The first-order valence-corrected chi connectivity index (χ1v) is 11.4. The molecule has 4 rings (SSSR count). The average molecular weight is 467 g/mol. The second-order valence-electron chi connectivity index (χ2n) is 8.26. The van der Waals surface area contributed by atoms with Crippen molar-refractivity contribution in [2.75, 3.05) is 49.0 Å². The molecule has 3 N–H and O–H groups in total. The maximum absolute atomic E-state index is 12.8. The van der Waals surface area contributed by atoms with E-state index in [4.69, 9.17) is 4.74 Å². The number of hydrogen-bond acceptors (Lipinski definition) is 5. The first-order chi connectivity index (χ1) is 17.0. The van der Waals surface area contributed by atoms with E-state index in [0.29, 0.717) is 11.4 Å². The van der Waals surface area contributed by atoms with E-state index in [2.05, 4.69) is 33.0 Å². The SMILES string of the molecule is CNc1ccc(-c2ccc(OC(=O)Nc3ccccc3)c(-c3ccc(NC)cc3)c2N(C)C)cc1. The minimum absolute atomic E-state index is 0.481. The normalized spacial score (nSPS) is 10.4. The first kappa shape index (κ1) is 23.7. The molecule has 0 saturated heterocycles. The Morgan fingerprint density at radius 3 is 1.80 bits per heavy atom. The number of nitrogens with one attached hydrogen (secondary N) is 3. The lowest BCUT2D eigenvalue weighted by molar-refractivity contribution is 0.215. The molecule has 6 heteroatoms. The average Bonchev–Trinajstić information content (AvgIpc) is 2.89. The molecule has 178 valence electrons. The zero-order valence-corrected chi connectivity index (χ0v) is 20.4. The Kier molecular flexibility index (Phi) is 7.21. The number of hydrogen-bond donors (Lipinski definition) is 3. The van der Waals surface area contributed by atoms with Crippen molar-refractivity contribution in [3.05, 3.63) is 91.0 Å². The van der Waals surface area contributed by atoms with Crippen LogP contribution in [-0.4, -0.2) is 34.3 Å². The Hall–Kier alpha value is -4.45. The van der Waals surface area contributed by atoms with Gasteiger partial charge in [0.1, 0.15) is 5.75 Å². The Labute approximate surface area is 206 Å².